The zero-order valence-electron chi connectivity index (χ0n) is 12.8. The summed E-state index contributed by atoms with van der Waals surface area (Å²) >= 11 is 0. The van der Waals surface area contributed by atoms with Crippen molar-refractivity contribution in [2.45, 2.75) is 19.8 Å². The number of carbonyl (C=O) groups is 1. The van der Waals surface area contributed by atoms with Crippen molar-refractivity contribution in [3.05, 3.63) is 0 Å². The van der Waals surface area contributed by atoms with Crippen LogP contribution in [0.25, 0.3) is 0 Å². The minimum Gasteiger partial charge on any atom is -0.356 e. The number of nitrogens with one attached hydrogen (secondary N) is 1. The Morgan fingerprint density at radius 2 is 1.79 bits per heavy atom. The average molecular weight is 270 g/mol. The number of nitrogens with zero attached hydrogens (tertiary/aromatic N) is 3. The van der Waals surface area contributed by atoms with E-state index in [9.17, 15) is 4.79 Å². The first-order chi connectivity index (χ1) is 9.11. The normalized spacial score (nSPS) is 17.9. The zero-order valence-corrected chi connectivity index (χ0v) is 12.8. The van der Waals surface area contributed by atoms with Crippen LogP contribution in [-0.2, 0) is 4.79 Å². The summed E-state index contributed by atoms with van der Waals surface area (Å²) in [5, 5.41) is 2.99. The molecule has 0 unspecified atom stereocenters. The molecule has 1 saturated heterocycles. The lowest BCUT2D eigenvalue weighted by atomic mass is 10.3. The van der Waals surface area contributed by atoms with E-state index < -0.39 is 0 Å². The molecule has 0 atom stereocenters. The molecule has 0 aliphatic carbocycles. The summed E-state index contributed by atoms with van der Waals surface area (Å²) in [7, 11) is 3.98. The predicted octanol–water partition coefficient (Wildman–Crippen LogP) is 0.0819. The number of hydrogen-bond donors (Lipinski definition) is 1. The second kappa shape index (κ2) is 9.28. The van der Waals surface area contributed by atoms with E-state index in [0.29, 0.717) is 6.42 Å². The van der Waals surface area contributed by atoms with Gasteiger partial charge in [0.2, 0.25) is 5.91 Å². The van der Waals surface area contributed by atoms with Gasteiger partial charge in [-0.2, -0.15) is 0 Å². The van der Waals surface area contributed by atoms with Crippen LogP contribution in [0.3, 0.4) is 0 Å². The number of hydrogen-bond acceptors (Lipinski definition) is 4. The third-order valence-electron chi connectivity index (χ3n) is 3.67. The minimum absolute atomic E-state index is 0.171. The van der Waals surface area contributed by atoms with Crippen LogP contribution in [0.5, 0.6) is 0 Å². The topological polar surface area (TPSA) is 38.8 Å². The maximum atomic E-state index is 11.5. The molecular formula is C14H30N4O. The van der Waals surface area contributed by atoms with Crippen LogP contribution in [0.1, 0.15) is 19.8 Å². The molecule has 1 aliphatic heterocycles. The molecule has 5 heteroatoms. The fraction of sp³-hybridized carbons (Fsp3) is 0.929. The van der Waals surface area contributed by atoms with Crippen molar-refractivity contribution in [2.24, 2.45) is 0 Å². The molecule has 1 N–H and O–H groups in total. The molecule has 1 heterocycles. The molecule has 0 aromatic heterocycles. The van der Waals surface area contributed by atoms with Gasteiger partial charge in [0.1, 0.15) is 0 Å². The Balaban J connectivity index is 1.97. The molecule has 0 saturated carbocycles. The highest BCUT2D eigenvalue weighted by molar-refractivity contribution is 5.75. The summed E-state index contributed by atoms with van der Waals surface area (Å²) in [5.74, 6) is 0.171. The van der Waals surface area contributed by atoms with Crippen molar-refractivity contribution >= 4 is 5.91 Å². The van der Waals surface area contributed by atoms with E-state index in [0.717, 1.165) is 32.6 Å². The van der Waals surface area contributed by atoms with Crippen molar-refractivity contribution in [3.63, 3.8) is 0 Å². The third-order valence-corrected chi connectivity index (χ3v) is 3.67. The Hall–Kier alpha value is -0.650. The van der Waals surface area contributed by atoms with Gasteiger partial charge in [0.25, 0.3) is 0 Å². The average Bonchev–Trinajstić information content (AvgIpc) is 2.42. The monoisotopic (exact) mass is 270 g/mol. The lowest BCUT2D eigenvalue weighted by molar-refractivity contribution is -0.121. The van der Waals surface area contributed by atoms with Crippen molar-refractivity contribution < 1.29 is 4.79 Å². The number of rotatable bonds is 8. The highest BCUT2D eigenvalue weighted by atomic mass is 16.1. The number of carbonyl (C=O) groups excluding carboxylic acids is 1. The molecule has 5 nitrogen and oxygen atoms in total. The van der Waals surface area contributed by atoms with Gasteiger partial charge in [-0.25, -0.2) is 0 Å². The smallest absolute Gasteiger partial charge is 0.221 e. The molecule has 112 valence electrons. The fourth-order valence-electron chi connectivity index (χ4n) is 2.27. The van der Waals surface area contributed by atoms with E-state index in [2.05, 4.69) is 22.0 Å². The Labute approximate surface area is 117 Å². The maximum Gasteiger partial charge on any atom is 0.221 e. The van der Waals surface area contributed by atoms with E-state index >= 15 is 0 Å². The van der Waals surface area contributed by atoms with Crippen LogP contribution in [0, 0.1) is 0 Å². The van der Waals surface area contributed by atoms with Gasteiger partial charge in [0, 0.05) is 45.7 Å². The summed E-state index contributed by atoms with van der Waals surface area (Å²) in [4.78, 5) is 18.5. The zero-order chi connectivity index (χ0) is 14.1. The predicted molar refractivity (Wildman–Crippen MR) is 79.4 cm³/mol. The standard InChI is InChI=1S/C14H30N4O/c1-4-17-10-12-18(13-11-17)8-5-7-15-14(19)6-9-16(2)3/h4-13H2,1-3H3,(H,15,19). The first kappa shape index (κ1) is 16.4. The van der Waals surface area contributed by atoms with Gasteiger partial charge in [-0.1, -0.05) is 6.92 Å². The Kier molecular flexibility index (Phi) is 8.02. The summed E-state index contributed by atoms with van der Waals surface area (Å²) in [6.45, 7) is 10.8. The maximum absolute atomic E-state index is 11.5. The molecule has 19 heavy (non-hydrogen) atoms. The molecule has 1 aliphatic rings. The lowest BCUT2D eigenvalue weighted by Crippen LogP contribution is -2.46. The number of likely N-dealkylation sites (N-methyl/N-ethyl adjacent to an activating group) is 1. The summed E-state index contributed by atoms with van der Waals surface area (Å²) in [6.07, 6.45) is 1.65. The van der Waals surface area contributed by atoms with Gasteiger partial charge >= 0.3 is 0 Å². The molecule has 0 aromatic carbocycles. The van der Waals surface area contributed by atoms with Gasteiger partial charge < -0.3 is 20.0 Å². The largest absolute Gasteiger partial charge is 0.356 e. The van der Waals surface area contributed by atoms with Gasteiger partial charge in [-0.3, -0.25) is 4.79 Å². The van der Waals surface area contributed by atoms with E-state index in [4.69, 9.17) is 0 Å². The first-order valence-electron chi connectivity index (χ1n) is 7.48. The molecule has 1 rings (SSSR count). The van der Waals surface area contributed by atoms with Crippen LogP contribution in [0.4, 0.5) is 0 Å². The van der Waals surface area contributed by atoms with Crippen LogP contribution >= 0.6 is 0 Å². The van der Waals surface area contributed by atoms with Gasteiger partial charge in [-0.15, -0.1) is 0 Å². The highest BCUT2D eigenvalue weighted by Gasteiger charge is 2.14. The molecule has 0 bridgehead atoms. The molecule has 1 fully saturated rings. The third kappa shape index (κ3) is 7.50. The van der Waals surface area contributed by atoms with E-state index in [-0.39, 0.29) is 5.91 Å². The Morgan fingerprint density at radius 1 is 1.16 bits per heavy atom. The molecule has 1 amide bonds. The summed E-state index contributed by atoms with van der Waals surface area (Å²) in [5.41, 5.74) is 0. The van der Waals surface area contributed by atoms with Crippen molar-refractivity contribution in [2.75, 3.05) is 66.5 Å². The van der Waals surface area contributed by atoms with Crippen LogP contribution in [-0.4, -0.2) is 87.1 Å². The Bertz CT molecular complexity index is 250. The van der Waals surface area contributed by atoms with Crippen LogP contribution in [0.2, 0.25) is 0 Å². The van der Waals surface area contributed by atoms with Gasteiger partial charge in [-0.05, 0) is 33.6 Å². The fourth-order valence-corrected chi connectivity index (χ4v) is 2.27. The first-order valence-corrected chi connectivity index (χ1v) is 7.48. The van der Waals surface area contributed by atoms with Gasteiger partial charge in [0.05, 0.1) is 0 Å². The van der Waals surface area contributed by atoms with Gasteiger partial charge in [0.15, 0.2) is 0 Å². The van der Waals surface area contributed by atoms with Crippen LogP contribution in [0.15, 0.2) is 0 Å². The highest BCUT2D eigenvalue weighted by Crippen LogP contribution is 2.01. The Morgan fingerprint density at radius 3 is 2.37 bits per heavy atom. The van der Waals surface area contributed by atoms with Crippen molar-refractivity contribution in [1.82, 2.24) is 20.0 Å². The van der Waals surface area contributed by atoms with E-state index in [1.807, 2.05) is 19.0 Å². The second-order valence-corrected chi connectivity index (χ2v) is 5.53. The SMILES string of the molecule is CCN1CCN(CCCNC(=O)CCN(C)C)CC1. The van der Waals surface area contributed by atoms with E-state index in [1.54, 1.807) is 0 Å². The van der Waals surface area contributed by atoms with E-state index in [1.165, 1.54) is 26.2 Å². The minimum atomic E-state index is 0.171. The molecule has 0 radical (unpaired) electrons. The number of piperazine rings is 1. The summed E-state index contributed by atoms with van der Waals surface area (Å²) < 4.78 is 0. The summed E-state index contributed by atoms with van der Waals surface area (Å²) in [6, 6.07) is 0. The van der Waals surface area contributed by atoms with Crippen LogP contribution < -0.4 is 5.32 Å². The van der Waals surface area contributed by atoms with Crippen molar-refractivity contribution in [1.29, 1.82) is 0 Å². The number of amides is 1. The molecule has 0 aromatic rings. The van der Waals surface area contributed by atoms with Crippen molar-refractivity contribution in [3.8, 4) is 0 Å². The second-order valence-electron chi connectivity index (χ2n) is 5.53. The quantitative estimate of drug-likeness (QED) is 0.634. The molecule has 0 spiro atoms. The lowest BCUT2D eigenvalue weighted by Gasteiger charge is -2.33. The molecular weight excluding hydrogens is 240 g/mol.